The Morgan fingerprint density at radius 2 is 1.67 bits per heavy atom. The standard InChI is InChI=1S/C24H26FN3OS/c1-15-12-16(2)14-28(13-15)24(29)17(3)30-23-21-7-5-4-6-20(21)22(26-27-23)18-8-10-19(25)11-9-18/h4-11,15-17H,12-14H2,1-3H3. The predicted octanol–water partition coefficient (Wildman–Crippen LogP) is 5.42. The van der Waals surface area contributed by atoms with Crippen LogP contribution in [-0.2, 0) is 4.79 Å². The van der Waals surface area contributed by atoms with E-state index in [0.29, 0.717) is 17.5 Å². The molecule has 0 aliphatic carbocycles. The highest BCUT2D eigenvalue weighted by Crippen LogP contribution is 2.34. The lowest BCUT2D eigenvalue weighted by Crippen LogP contribution is -2.45. The number of amides is 1. The molecule has 0 spiro atoms. The molecule has 1 aliphatic rings. The van der Waals surface area contributed by atoms with Crippen molar-refractivity contribution in [3.05, 3.63) is 54.3 Å². The molecule has 4 nitrogen and oxygen atoms in total. The minimum absolute atomic E-state index is 0.159. The van der Waals surface area contributed by atoms with Gasteiger partial charge < -0.3 is 4.90 Å². The van der Waals surface area contributed by atoms with Gasteiger partial charge in [-0.05, 0) is 49.4 Å². The van der Waals surface area contributed by atoms with Gasteiger partial charge in [0, 0.05) is 29.4 Å². The lowest BCUT2D eigenvalue weighted by molar-refractivity contribution is -0.132. The van der Waals surface area contributed by atoms with Crippen LogP contribution in [0.1, 0.15) is 27.2 Å². The fourth-order valence-electron chi connectivity index (χ4n) is 4.31. The number of carbonyl (C=O) groups is 1. The first kappa shape index (κ1) is 20.8. The monoisotopic (exact) mass is 423 g/mol. The molecule has 0 N–H and O–H groups in total. The Balaban J connectivity index is 1.61. The number of hydrogen-bond acceptors (Lipinski definition) is 4. The lowest BCUT2D eigenvalue weighted by atomic mass is 9.92. The van der Waals surface area contributed by atoms with Crippen LogP contribution < -0.4 is 0 Å². The highest BCUT2D eigenvalue weighted by atomic mass is 32.2. The summed E-state index contributed by atoms with van der Waals surface area (Å²) in [6, 6.07) is 14.2. The van der Waals surface area contributed by atoms with E-state index in [4.69, 9.17) is 0 Å². The zero-order chi connectivity index (χ0) is 21.3. The maximum atomic E-state index is 13.3. The van der Waals surface area contributed by atoms with E-state index in [0.717, 1.165) is 34.5 Å². The van der Waals surface area contributed by atoms with E-state index in [-0.39, 0.29) is 17.0 Å². The molecule has 1 saturated heterocycles. The topological polar surface area (TPSA) is 46.1 Å². The van der Waals surface area contributed by atoms with Crippen molar-refractivity contribution in [3.63, 3.8) is 0 Å². The summed E-state index contributed by atoms with van der Waals surface area (Å²) in [5.74, 6) is 0.944. The molecule has 3 aromatic rings. The largest absolute Gasteiger partial charge is 0.341 e. The number of nitrogens with zero attached hydrogens (tertiary/aromatic N) is 3. The van der Waals surface area contributed by atoms with Crippen LogP contribution in [0.25, 0.3) is 22.0 Å². The molecule has 2 heterocycles. The summed E-state index contributed by atoms with van der Waals surface area (Å²) in [5, 5.41) is 11.3. The first-order valence-electron chi connectivity index (χ1n) is 10.4. The second-order valence-corrected chi connectivity index (χ2v) is 9.69. The Morgan fingerprint density at radius 1 is 1.03 bits per heavy atom. The summed E-state index contributed by atoms with van der Waals surface area (Å²) in [6.45, 7) is 8.01. The molecule has 1 aliphatic heterocycles. The third-order valence-electron chi connectivity index (χ3n) is 5.59. The van der Waals surface area contributed by atoms with Crippen LogP contribution in [0, 0.1) is 17.7 Å². The van der Waals surface area contributed by atoms with Crippen LogP contribution in [0.3, 0.4) is 0 Å². The summed E-state index contributed by atoms with van der Waals surface area (Å²) in [5.41, 5.74) is 1.53. The lowest BCUT2D eigenvalue weighted by Gasteiger charge is -2.36. The number of aromatic nitrogens is 2. The van der Waals surface area contributed by atoms with Crippen molar-refractivity contribution < 1.29 is 9.18 Å². The Hall–Kier alpha value is -2.47. The fourth-order valence-corrected chi connectivity index (χ4v) is 5.28. The summed E-state index contributed by atoms with van der Waals surface area (Å²) in [6.07, 6.45) is 1.17. The van der Waals surface area contributed by atoms with E-state index in [2.05, 4.69) is 24.0 Å². The maximum absolute atomic E-state index is 13.3. The number of piperidine rings is 1. The molecule has 30 heavy (non-hydrogen) atoms. The first-order valence-corrected chi connectivity index (χ1v) is 11.3. The van der Waals surface area contributed by atoms with E-state index in [1.807, 2.05) is 36.1 Å². The van der Waals surface area contributed by atoms with Crippen molar-refractivity contribution >= 4 is 28.4 Å². The number of carbonyl (C=O) groups excluding carboxylic acids is 1. The number of hydrogen-bond donors (Lipinski definition) is 0. The molecule has 0 saturated carbocycles. The number of rotatable bonds is 4. The van der Waals surface area contributed by atoms with Crippen LogP contribution >= 0.6 is 11.8 Å². The summed E-state index contributed by atoms with van der Waals surface area (Å²) < 4.78 is 13.3. The van der Waals surface area contributed by atoms with E-state index in [9.17, 15) is 9.18 Å². The molecule has 1 fully saturated rings. The minimum atomic E-state index is -0.281. The highest BCUT2D eigenvalue weighted by molar-refractivity contribution is 8.00. The third-order valence-corrected chi connectivity index (χ3v) is 6.67. The summed E-state index contributed by atoms with van der Waals surface area (Å²) in [4.78, 5) is 15.1. The van der Waals surface area contributed by atoms with Crippen molar-refractivity contribution in [1.82, 2.24) is 15.1 Å². The molecule has 0 radical (unpaired) electrons. The van der Waals surface area contributed by atoms with E-state index in [1.54, 1.807) is 12.1 Å². The normalized spacial score (nSPS) is 20.3. The number of halogens is 1. The average molecular weight is 424 g/mol. The first-order chi connectivity index (χ1) is 14.4. The van der Waals surface area contributed by atoms with E-state index >= 15 is 0 Å². The molecule has 1 amide bonds. The molecule has 156 valence electrons. The number of likely N-dealkylation sites (tertiary alicyclic amines) is 1. The van der Waals surface area contributed by atoms with Gasteiger partial charge in [0.1, 0.15) is 16.5 Å². The van der Waals surface area contributed by atoms with Gasteiger partial charge >= 0.3 is 0 Å². The Bertz CT molecular complexity index is 1050. The van der Waals surface area contributed by atoms with E-state index < -0.39 is 0 Å². The second kappa shape index (κ2) is 8.72. The van der Waals surface area contributed by atoms with Crippen molar-refractivity contribution in [2.75, 3.05) is 13.1 Å². The Kier molecular flexibility index (Phi) is 6.04. The van der Waals surface area contributed by atoms with Crippen molar-refractivity contribution in [2.45, 2.75) is 37.5 Å². The molecule has 6 heteroatoms. The molecule has 0 bridgehead atoms. The van der Waals surface area contributed by atoms with E-state index in [1.165, 1.54) is 30.3 Å². The molecular formula is C24H26FN3OS. The summed E-state index contributed by atoms with van der Waals surface area (Å²) >= 11 is 1.46. The highest BCUT2D eigenvalue weighted by Gasteiger charge is 2.29. The fraction of sp³-hybridized carbons (Fsp3) is 0.375. The zero-order valence-electron chi connectivity index (χ0n) is 17.5. The summed E-state index contributed by atoms with van der Waals surface area (Å²) in [7, 11) is 0. The predicted molar refractivity (Wildman–Crippen MR) is 120 cm³/mol. The SMILES string of the molecule is CC1CC(C)CN(C(=O)C(C)Sc2nnc(-c3ccc(F)cc3)c3ccccc23)C1. The van der Waals surface area contributed by atoms with Crippen LogP contribution in [0.5, 0.6) is 0 Å². The van der Waals surface area contributed by atoms with Gasteiger partial charge in [0.2, 0.25) is 5.91 Å². The van der Waals surface area contributed by atoms with Crippen LogP contribution in [-0.4, -0.2) is 39.3 Å². The van der Waals surface area contributed by atoms with Gasteiger partial charge in [-0.15, -0.1) is 10.2 Å². The number of benzene rings is 2. The van der Waals surface area contributed by atoms with Gasteiger partial charge in [-0.3, -0.25) is 4.79 Å². The van der Waals surface area contributed by atoms with Crippen molar-refractivity contribution in [2.24, 2.45) is 11.8 Å². The van der Waals surface area contributed by atoms with Gasteiger partial charge in [0.25, 0.3) is 0 Å². The Morgan fingerprint density at radius 3 is 2.33 bits per heavy atom. The van der Waals surface area contributed by atoms with Crippen molar-refractivity contribution in [1.29, 1.82) is 0 Å². The molecular weight excluding hydrogens is 397 g/mol. The second-order valence-electron chi connectivity index (χ2n) is 8.36. The van der Waals surface area contributed by atoms with Crippen molar-refractivity contribution in [3.8, 4) is 11.3 Å². The maximum Gasteiger partial charge on any atom is 0.235 e. The molecule has 1 aromatic heterocycles. The minimum Gasteiger partial charge on any atom is -0.341 e. The smallest absolute Gasteiger partial charge is 0.235 e. The average Bonchev–Trinajstić information content (AvgIpc) is 2.73. The van der Waals surface area contributed by atoms with Gasteiger partial charge in [-0.2, -0.15) is 0 Å². The van der Waals surface area contributed by atoms with Gasteiger partial charge in [-0.25, -0.2) is 4.39 Å². The van der Waals surface area contributed by atoms with Gasteiger partial charge in [0.15, 0.2) is 0 Å². The van der Waals surface area contributed by atoms with Crippen LogP contribution in [0.2, 0.25) is 0 Å². The van der Waals surface area contributed by atoms with Gasteiger partial charge in [0.05, 0.1) is 5.25 Å². The Labute approximate surface area is 180 Å². The number of thioether (sulfide) groups is 1. The number of fused-ring (bicyclic) bond motifs is 1. The molecule has 2 aromatic carbocycles. The zero-order valence-corrected chi connectivity index (χ0v) is 18.3. The third kappa shape index (κ3) is 4.33. The quantitative estimate of drug-likeness (QED) is 0.526. The van der Waals surface area contributed by atoms with Crippen LogP contribution in [0.4, 0.5) is 4.39 Å². The molecule has 3 unspecified atom stereocenters. The van der Waals surface area contributed by atoms with Gasteiger partial charge in [-0.1, -0.05) is 49.9 Å². The van der Waals surface area contributed by atoms with Crippen LogP contribution in [0.15, 0.2) is 53.6 Å². The molecule has 3 atom stereocenters. The molecule has 4 rings (SSSR count).